The van der Waals surface area contributed by atoms with E-state index in [9.17, 15) is 23.1 Å². The summed E-state index contributed by atoms with van der Waals surface area (Å²) >= 11 is 0. The van der Waals surface area contributed by atoms with Crippen molar-refractivity contribution in [1.82, 2.24) is 24.5 Å². The molecular formula is C24H21F3N6O2. The van der Waals surface area contributed by atoms with Gasteiger partial charge in [0.2, 0.25) is 0 Å². The Balaban J connectivity index is 1.40. The summed E-state index contributed by atoms with van der Waals surface area (Å²) in [5.74, 6) is -1.13. The van der Waals surface area contributed by atoms with Crippen LogP contribution in [0.5, 0.6) is 0 Å². The van der Waals surface area contributed by atoms with Crippen LogP contribution in [0.25, 0.3) is 16.7 Å². The molecule has 35 heavy (non-hydrogen) atoms. The molecule has 1 amide bonds. The zero-order valence-corrected chi connectivity index (χ0v) is 18.5. The van der Waals surface area contributed by atoms with Gasteiger partial charge >= 0.3 is 0 Å². The number of alkyl halides is 1. The fourth-order valence-corrected chi connectivity index (χ4v) is 4.93. The van der Waals surface area contributed by atoms with Gasteiger partial charge in [-0.2, -0.15) is 5.10 Å². The molecule has 0 saturated carbocycles. The number of pyridine rings is 1. The Morgan fingerprint density at radius 2 is 1.94 bits per heavy atom. The van der Waals surface area contributed by atoms with E-state index in [1.807, 2.05) is 0 Å². The van der Waals surface area contributed by atoms with Gasteiger partial charge in [0.25, 0.3) is 5.91 Å². The topological polar surface area (TPSA) is 86.9 Å². The maximum Gasteiger partial charge on any atom is 0.272 e. The minimum atomic E-state index is -1.24. The van der Waals surface area contributed by atoms with Gasteiger partial charge in [0.05, 0.1) is 18.7 Å². The van der Waals surface area contributed by atoms with E-state index in [-0.39, 0.29) is 36.7 Å². The Morgan fingerprint density at radius 1 is 1.09 bits per heavy atom. The number of nitrogens with zero attached hydrogens (tertiary/aromatic N) is 6. The third-order valence-corrected chi connectivity index (χ3v) is 6.63. The van der Waals surface area contributed by atoms with Crippen LogP contribution in [-0.2, 0) is 0 Å². The van der Waals surface area contributed by atoms with Crippen LogP contribution < -0.4 is 4.90 Å². The Morgan fingerprint density at radius 3 is 2.74 bits per heavy atom. The van der Waals surface area contributed by atoms with Gasteiger partial charge in [0.1, 0.15) is 40.4 Å². The molecule has 8 nitrogen and oxygen atoms in total. The van der Waals surface area contributed by atoms with Crippen molar-refractivity contribution < 1.29 is 23.1 Å². The number of amides is 1. The molecular weight excluding hydrogens is 461 g/mol. The van der Waals surface area contributed by atoms with Gasteiger partial charge in [-0.15, -0.1) is 0 Å². The predicted octanol–water partition coefficient (Wildman–Crippen LogP) is 3.05. The van der Waals surface area contributed by atoms with Crippen LogP contribution in [-0.4, -0.2) is 67.4 Å². The lowest BCUT2D eigenvalue weighted by molar-refractivity contribution is 0.0759. The van der Waals surface area contributed by atoms with Crippen molar-refractivity contribution in [2.45, 2.75) is 31.2 Å². The number of anilines is 1. The molecule has 0 aliphatic carbocycles. The second-order valence-corrected chi connectivity index (χ2v) is 8.98. The van der Waals surface area contributed by atoms with E-state index in [4.69, 9.17) is 0 Å². The maximum atomic E-state index is 14.5. The predicted molar refractivity (Wildman–Crippen MR) is 121 cm³/mol. The lowest BCUT2D eigenvalue weighted by atomic mass is 10.0. The van der Waals surface area contributed by atoms with E-state index in [0.29, 0.717) is 35.5 Å². The molecule has 11 heteroatoms. The summed E-state index contributed by atoms with van der Waals surface area (Å²) in [6.07, 6.45) is 0.391. The number of benzene rings is 1. The first-order valence-corrected chi connectivity index (χ1v) is 11.4. The van der Waals surface area contributed by atoms with E-state index in [0.717, 1.165) is 18.2 Å². The number of likely N-dealkylation sites (tertiary alicyclic amines) is 1. The van der Waals surface area contributed by atoms with Crippen molar-refractivity contribution in [1.29, 1.82) is 0 Å². The SMILES string of the molecule is O=C(c1ccc2nn3ccc(N4C[C@@H](F)C[C@@H]4c4cc(F)ccc4F)nc3c2n1)N1CC[C@H](O)C1. The summed E-state index contributed by atoms with van der Waals surface area (Å²) in [6.45, 7) is 0.686. The smallest absolute Gasteiger partial charge is 0.272 e. The van der Waals surface area contributed by atoms with Crippen molar-refractivity contribution in [3.63, 3.8) is 0 Å². The number of hydrogen-bond donors (Lipinski definition) is 1. The van der Waals surface area contributed by atoms with E-state index in [1.165, 1.54) is 4.52 Å². The summed E-state index contributed by atoms with van der Waals surface area (Å²) in [5.41, 5.74) is 1.55. The first kappa shape index (κ1) is 21.8. The molecule has 3 atom stereocenters. The van der Waals surface area contributed by atoms with Crippen LogP contribution in [0.3, 0.4) is 0 Å². The number of aliphatic hydroxyl groups excluding tert-OH is 1. The Bertz CT molecular complexity index is 1460. The van der Waals surface area contributed by atoms with Gasteiger partial charge in [0.15, 0.2) is 5.65 Å². The molecule has 1 N–H and O–H groups in total. The van der Waals surface area contributed by atoms with E-state index in [2.05, 4.69) is 15.1 Å². The maximum absolute atomic E-state index is 14.5. The number of halogens is 3. The highest BCUT2D eigenvalue weighted by Crippen LogP contribution is 2.38. The average Bonchev–Trinajstić information content (AvgIpc) is 3.55. The van der Waals surface area contributed by atoms with Crippen molar-refractivity contribution in [3.8, 4) is 0 Å². The minimum Gasteiger partial charge on any atom is -0.391 e. The lowest BCUT2D eigenvalue weighted by Gasteiger charge is -2.26. The van der Waals surface area contributed by atoms with Crippen LogP contribution in [0.1, 0.15) is 34.9 Å². The third kappa shape index (κ3) is 3.75. The largest absolute Gasteiger partial charge is 0.391 e. The third-order valence-electron chi connectivity index (χ3n) is 6.63. The van der Waals surface area contributed by atoms with Crippen molar-refractivity contribution >= 4 is 28.4 Å². The van der Waals surface area contributed by atoms with Gasteiger partial charge in [0, 0.05) is 31.3 Å². The number of carbonyl (C=O) groups excluding carboxylic acids is 1. The van der Waals surface area contributed by atoms with Crippen LogP contribution in [0.4, 0.5) is 19.0 Å². The number of aromatic nitrogens is 4. The Hall–Kier alpha value is -3.73. The Labute approximate surface area is 197 Å². The molecule has 5 heterocycles. The highest BCUT2D eigenvalue weighted by atomic mass is 19.1. The average molecular weight is 482 g/mol. The quantitative estimate of drug-likeness (QED) is 0.483. The number of aliphatic hydroxyl groups is 1. The molecule has 0 bridgehead atoms. The van der Waals surface area contributed by atoms with E-state index in [1.54, 1.807) is 34.2 Å². The summed E-state index contributed by atoms with van der Waals surface area (Å²) in [7, 11) is 0. The molecule has 2 aliphatic heterocycles. The van der Waals surface area contributed by atoms with Gasteiger partial charge in [-0.1, -0.05) is 0 Å². The lowest BCUT2D eigenvalue weighted by Crippen LogP contribution is -2.30. The summed E-state index contributed by atoms with van der Waals surface area (Å²) in [5, 5.41) is 14.2. The standard InChI is InChI=1S/C24H21F3N6O2/c25-13-1-2-17(27)16(9-13)20-10-14(26)11-32(20)21-6-8-33-23(29-21)22-18(30-33)3-4-19(28-22)24(35)31-7-5-15(34)12-31/h1-4,6,8-9,14-15,20,34H,5,7,10-12H2/t14-,15-,20+/m0/s1. The molecule has 4 aromatic rings. The van der Waals surface area contributed by atoms with Gasteiger partial charge < -0.3 is 14.9 Å². The summed E-state index contributed by atoms with van der Waals surface area (Å²) in [6, 6.07) is 7.33. The van der Waals surface area contributed by atoms with Crippen LogP contribution in [0, 0.1) is 11.6 Å². The first-order chi connectivity index (χ1) is 16.9. The number of fused-ring (bicyclic) bond motifs is 3. The molecule has 3 aromatic heterocycles. The molecule has 0 radical (unpaired) electrons. The number of β-amino-alcohol motifs (C(OH)–C–C–N with tert-alkyl or cyclic N) is 1. The minimum absolute atomic E-state index is 0.00578. The fourth-order valence-electron chi connectivity index (χ4n) is 4.93. The fraction of sp³-hybridized carbons (Fsp3) is 0.333. The van der Waals surface area contributed by atoms with E-state index < -0.39 is 30.0 Å². The van der Waals surface area contributed by atoms with Crippen LogP contribution in [0.15, 0.2) is 42.6 Å². The van der Waals surface area contributed by atoms with Crippen molar-refractivity contribution in [2.75, 3.05) is 24.5 Å². The molecule has 2 saturated heterocycles. The summed E-state index contributed by atoms with van der Waals surface area (Å²) in [4.78, 5) is 25.1. The zero-order chi connectivity index (χ0) is 24.3. The molecule has 2 fully saturated rings. The van der Waals surface area contributed by atoms with Crippen LogP contribution in [0.2, 0.25) is 0 Å². The van der Waals surface area contributed by atoms with Gasteiger partial charge in [-0.3, -0.25) is 4.79 Å². The first-order valence-electron chi connectivity index (χ1n) is 11.4. The molecule has 0 unspecified atom stereocenters. The highest BCUT2D eigenvalue weighted by molar-refractivity contribution is 5.97. The monoisotopic (exact) mass is 482 g/mol. The van der Waals surface area contributed by atoms with Gasteiger partial charge in [-0.05, 0) is 42.8 Å². The van der Waals surface area contributed by atoms with Crippen molar-refractivity contribution in [3.05, 3.63) is 65.5 Å². The molecule has 180 valence electrons. The zero-order valence-electron chi connectivity index (χ0n) is 18.5. The number of rotatable bonds is 3. The molecule has 2 aliphatic rings. The number of hydrogen-bond acceptors (Lipinski definition) is 6. The highest BCUT2D eigenvalue weighted by Gasteiger charge is 2.36. The van der Waals surface area contributed by atoms with E-state index >= 15 is 0 Å². The summed E-state index contributed by atoms with van der Waals surface area (Å²) < 4.78 is 44.3. The molecule has 6 rings (SSSR count). The normalized spacial score (nSPS) is 22.6. The van der Waals surface area contributed by atoms with Crippen LogP contribution >= 0.6 is 0 Å². The second kappa shape index (κ2) is 8.19. The van der Waals surface area contributed by atoms with Gasteiger partial charge in [-0.25, -0.2) is 27.7 Å². The number of carbonyl (C=O) groups is 1. The molecule has 0 spiro atoms. The second-order valence-electron chi connectivity index (χ2n) is 8.98. The Kier molecular flexibility index (Phi) is 5.10. The van der Waals surface area contributed by atoms with Crippen molar-refractivity contribution in [2.24, 2.45) is 0 Å². The molecule has 1 aromatic carbocycles.